The Hall–Kier alpha value is -2.50. The van der Waals surface area contributed by atoms with Crippen LogP contribution in [0.3, 0.4) is 0 Å². The van der Waals surface area contributed by atoms with E-state index in [0.29, 0.717) is 17.3 Å². The fourth-order valence-corrected chi connectivity index (χ4v) is 2.62. The second-order valence-corrected chi connectivity index (χ2v) is 5.90. The van der Waals surface area contributed by atoms with Crippen LogP contribution in [0, 0.1) is 0 Å². The molecule has 0 bridgehead atoms. The third-order valence-corrected chi connectivity index (χ3v) is 4.22. The van der Waals surface area contributed by atoms with Crippen LogP contribution >= 0.6 is 0 Å². The molecule has 0 unspecified atom stereocenters. The van der Waals surface area contributed by atoms with Gasteiger partial charge in [0, 0.05) is 11.4 Å². The molecule has 0 atom stereocenters. The number of alkyl halides is 3. The van der Waals surface area contributed by atoms with Crippen LogP contribution in [0.4, 0.5) is 29.3 Å². The first-order chi connectivity index (χ1) is 11.4. The van der Waals surface area contributed by atoms with Crippen LogP contribution in [0.25, 0.3) is 0 Å². The molecule has 126 valence electrons. The fourth-order valence-electron chi connectivity index (χ4n) is 2.62. The Kier molecular flexibility index (Phi) is 4.46. The SMILES string of the molecule is O=C(Nc1ccc(C2CCC2)cc1)Nc1ccc(C(F)(F)F)cc1. The van der Waals surface area contributed by atoms with Gasteiger partial charge in [0.15, 0.2) is 0 Å². The van der Waals surface area contributed by atoms with Gasteiger partial charge in [0.2, 0.25) is 0 Å². The van der Waals surface area contributed by atoms with Gasteiger partial charge in [0.1, 0.15) is 0 Å². The average molecular weight is 334 g/mol. The van der Waals surface area contributed by atoms with Crippen LogP contribution in [-0.2, 0) is 6.18 Å². The molecule has 0 spiro atoms. The molecule has 3 nitrogen and oxygen atoms in total. The molecule has 1 aliphatic carbocycles. The predicted octanol–water partition coefficient (Wildman–Crippen LogP) is 5.62. The lowest BCUT2D eigenvalue weighted by atomic mass is 9.80. The zero-order valence-corrected chi connectivity index (χ0v) is 12.9. The highest BCUT2D eigenvalue weighted by Gasteiger charge is 2.30. The molecule has 1 aliphatic rings. The summed E-state index contributed by atoms with van der Waals surface area (Å²) in [5.74, 6) is 0.625. The topological polar surface area (TPSA) is 41.1 Å². The lowest BCUT2D eigenvalue weighted by Gasteiger charge is -2.25. The number of halogens is 3. The second kappa shape index (κ2) is 6.55. The van der Waals surface area contributed by atoms with Crippen LogP contribution in [0.2, 0.25) is 0 Å². The quantitative estimate of drug-likeness (QED) is 0.752. The van der Waals surface area contributed by atoms with Gasteiger partial charge in [-0.25, -0.2) is 4.79 Å². The third kappa shape index (κ3) is 3.88. The van der Waals surface area contributed by atoms with Gasteiger partial charge in [-0.2, -0.15) is 13.2 Å². The van der Waals surface area contributed by atoms with Crippen molar-refractivity contribution in [2.45, 2.75) is 31.4 Å². The highest BCUT2D eigenvalue weighted by Crippen LogP contribution is 2.36. The highest BCUT2D eigenvalue weighted by atomic mass is 19.4. The molecule has 1 fully saturated rings. The summed E-state index contributed by atoms with van der Waals surface area (Å²) in [6, 6.07) is 11.5. The van der Waals surface area contributed by atoms with Crippen molar-refractivity contribution in [3.05, 3.63) is 59.7 Å². The van der Waals surface area contributed by atoms with Crippen LogP contribution < -0.4 is 10.6 Å². The van der Waals surface area contributed by atoms with E-state index in [0.717, 1.165) is 12.1 Å². The van der Waals surface area contributed by atoms with Gasteiger partial charge < -0.3 is 10.6 Å². The van der Waals surface area contributed by atoms with E-state index in [4.69, 9.17) is 0 Å². The van der Waals surface area contributed by atoms with Crippen molar-refractivity contribution in [1.82, 2.24) is 0 Å². The molecule has 0 radical (unpaired) electrons. The van der Waals surface area contributed by atoms with E-state index in [1.165, 1.54) is 37.0 Å². The predicted molar refractivity (Wildman–Crippen MR) is 87.1 cm³/mol. The monoisotopic (exact) mass is 334 g/mol. The van der Waals surface area contributed by atoms with Gasteiger partial charge in [-0.05, 0) is 60.7 Å². The van der Waals surface area contributed by atoms with E-state index in [1.54, 1.807) is 0 Å². The molecule has 3 rings (SSSR count). The largest absolute Gasteiger partial charge is 0.416 e. The normalized spacial score (nSPS) is 14.8. The molecule has 2 N–H and O–H groups in total. The maximum Gasteiger partial charge on any atom is 0.416 e. The maximum atomic E-state index is 12.5. The smallest absolute Gasteiger partial charge is 0.308 e. The minimum absolute atomic E-state index is 0.298. The molecular weight excluding hydrogens is 317 g/mol. The van der Waals surface area contributed by atoms with Crippen molar-refractivity contribution in [3.63, 3.8) is 0 Å². The molecule has 0 heterocycles. The van der Waals surface area contributed by atoms with Gasteiger partial charge in [-0.1, -0.05) is 18.6 Å². The number of rotatable bonds is 3. The molecule has 0 saturated heterocycles. The minimum Gasteiger partial charge on any atom is -0.308 e. The lowest BCUT2D eigenvalue weighted by Crippen LogP contribution is -2.19. The highest BCUT2D eigenvalue weighted by molar-refractivity contribution is 5.99. The molecule has 0 aliphatic heterocycles. The third-order valence-electron chi connectivity index (χ3n) is 4.22. The maximum absolute atomic E-state index is 12.5. The van der Waals surface area contributed by atoms with E-state index in [-0.39, 0.29) is 0 Å². The van der Waals surface area contributed by atoms with Crippen molar-refractivity contribution in [2.75, 3.05) is 10.6 Å². The Morgan fingerprint density at radius 2 is 1.38 bits per heavy atom. The molecule has 2 amide bonds. The average Bonchev–Trinajstić information content (AvgIpc) is 2.47. The summed E-state index contributed by atoms with van der Waals surface area (Å²) >= 11 is 0. The number of anilines is 2. The number of amides is 2. The Morgan fingerprint density at radius 3 is 1.79 bits per heavy atom. The van der Waals surface area contributed by atoms with Crippen molar-refractivity contribution in [1.29, 1.82) is 0 Å². The summed E-state index contributed by atoms with van der Waals surface area (Å²) in [6.07, 6.45) is -0.703. The van der Waals surface area contributed by atoms with Crippen molar-refractivity contribution in [2.24, 2.45) is 0 Å². The zero-order chi connectivity index (χ0) is 17.2. The number of nitrogens with one attached hydrogen (secondary N) is 2. The second-order valence-electron chi connectivity index (χ2n) is 5.90. The Labute approximate surface area is 137 Å². The molecule has 1 saturated carbocycles. The first-order valence-corrected chi connectivity index (χ1v) is 7.77. The van der Waals surface area contributed by atoms with E-state index >= 15 is 0 Å². The summed E-state index contributed by atoms with van der Waals surface area (Å²) in [5.41, 5.74) is 1.46. The summed E-state index contributed by atoms with van der Waals surface area (Å²) in [5, 5.41) is 5.18. The molecular formula is C18H17F3N2O. The van der Waals surface area contributed by atoms with Gasteiger partial charge in [0.25, 0.3) is 0 Å². The van der Waals surface area contributed by atoms with E-state index in [1.807, 2.05) is 24.3 Å². The van der Waals surface area contributed by atoms with Crippen LogP contribution in [-0.4, -0.2) is 6.03 Å². The number of hydrogen-bond acceptors (Lipinski definition) is 1. The zero-order valence-electron chi connectivity index (χ0n) is 12.9. The molecule has 0 aromatic heterocycles. The lowest BCUT2D eigenvalue weighted by molar-refractivity contribution is -0.137. The van der Waals surface area contributed by atoms with Gasteiger partial charge >= 0.3 is 12.2 Å². The number of benzene rings is 2. The van der Waals surface area contributed by atoms with Gasteiger partial charge in [-0.3, -0.25) is 0 Å². The van der Waals surface area contributed by atoms with Crippen molar-refractivity contribution < 1.29 is 18.0 Å². The molecule has 2 aromatic rings. The van der Waals surface area contributed by atoms with Crippen molar-refractivity contribution in [3.8, 4) is 0 Å². The summed E-state index contributed by atoms with van der Waals surface area (Å²) in [7, 11) is 0. The summed E-state index contributed by atoms with van der Waals surface area (Å²) in [6.45, 7) is 0. The number of carbonyl (C=O) groups excluding carboxylic acids is 1. The van der Waals surface area contributed by atoms with Crippen LogP contribution in [0.1, 0.15) is 36.3 Å². The number of urea groups is 1. The Morgan fingerprint density at radius 1 is 0.875 bits per heavy atom. The summed E-state index contributed by atoms with van der Waals surface area (Å²) < 4.78 is 37.5. The Balaban J connectivity index is 1.57. The Bertz CT molecular complexity index is 705. The molecule has 2 aromatic carbocycles. The first kappa shape index (κ1) is 16.4. The van der Waals surface area contributed by atoms with Gasteiger partial charge in [0.05, 0.1) is 5.56 Å². The van der Waals surface area contributed by atoms with Crippen LogP contribution in [0.15, 0.2) is 48.5 Å². The van der Waals surface area contributed by atoms with E-state index < -0.39 is 17.8 Å². The van der Waals surface area contributed by atoms with Gasteiger partial charge in [-0.15, -0.1) is 0 Å². The van der Waals surface area contributed by atoms with Crippen molar-refractivity contribution >= 4 is 17.4 Å². The standard InChI is InChI=1S/C18H17F3N2O/c19-18(20,21)14-6-10-16(11-7-14)23-17(24)22-15-8-4-13(5-9-15)12-2-1-3-12/h4-12H,1-3H2,(H2,22,23,24). The first-order valence-electron chi connectivity index (χ1n) is 7.77. The fraction of sp³-hybridized carbons (Fsp3) is 0.278. The van der Waals surface area contributed by atoms with E-state index in [9.17, 15) is 18.0 Å². The van der Waals surface area contributed by atoms with Crippen LogP contribution in [0.5, 0.6) is 0 Å². The molecule has 6 heteroatoms. The number of carbonyl (C=O) groups is 1. The molecule has 24 heavy (non-hydrogen) atoms. The van der Waals surface area contributed by atoms with E-state index in [2.05, 4.69) is 10.6 Å². The summed E-state index contributed by atoms with van der Waals surface area (Å²) in [4.78, 5) is 11.9. The number of hydrogen-bond donors (Lipinski definition) is 2. The minimum atomic E-state index is -4.39.